The van der Waals surface area contributed by atoms with E-state index in [9.17, 15) is 0 Å². The molecule has 0 fully saturated rings. The molecule has 0 aliphatic carbocycles. The zero-order valence-electron chi connectivity index (χ0n) is 10.6. The Morgan fingerprint density at radius 3 is 1.31 bits per heavy atom. The van der Waals surface area contributed by atoms with E-state index in [1.54, 1.807) is 0 Å². The average molecular weight is 177 g/mol. The first-order chi connectivity index (χ1) is 5.19. The minimum atomic E-state index is 0. The van der Waals surface area contributed by atoms with Crippen LogP contribution >= 0.6 is 0 Å². The van der Waals surface area contributed by atoms with Gasteiger partial charge in [-0.2, -0.15) is 6.42 Å². The van der Waals surface area contributed by atoms with Crippen LogP contribution in [-0.2, 0) is 0 Å². The quantitative estimate of drug-likeness (QED) is 0.427. The summed E-state index contributed by atoms with van der Waals surface area (Å²) in [6, 6.07) is 0. The van der Waals surface area contributed by atoms with Crippen LogP contribution in [0.3, 0.4) is 0 Å². The molecule has 0 aromatic heterocycles. The summed E-state index contributed by atoms with van der Waals surface area (Å²) in [5, 5.41) is 0. The predicted molar refractivity (Wildman–Crippen MR) is 56.2 cm³/mol. The summed E-state index contributed by atoms with van der Waals surface area (Å²) in [5.41, 5.74) is 0.492. The van der Waals surface area contributed by atoms with E-state index in [0.29, 0.717) is 0 Å². The van der Waals surface area contributed by atoms with E-state index in [-0.39, 0.29) is 29.9 Å². The number of hydrogen-bond acceptors (Lipinski definition) is 1. The van der Waals surface area contributed by atoms with Gasteiger partial charge in [-0.3, -0.25) is 4.90 Å². The topological polar surface area (TPSA) is 3.24 Å². The molecule has 74 valence electrons. The van der Waals surface area contributed by atoms with Gasteiger partial charge in [0.25, 0.3) is 0 Å². The van der Waals surface area contributed by atoms with E-state index in [4.69, 9.17) is 0 Å². The Bertz CT molecular complexity index is 116. The fourth-order valence-electron chi connectivity index (χ4n) is 1.84. The van der Waals surface area contributed by atoms with Crippen LogP contribution in [0.2, 0.25) is 0 Å². The largest absolute Gasteiger partial charge is 1.00 e. The minimum absolute atomic E-state index is 0. The van der Waals surface area contributed by atoms with Crippen molar-refractivity contribution >= 4 is 0 Å². The second-order valence-corrected chi connectivity index (χ2v) is 5.35. The molecule has 0 saturated heterocycles. The first-order valence-corrected chi connectivity index (χ1v) is 4.76. The van der Waals surface area contributed by atoms with Gasteiger partial charge in [0.15, 0.2) is 0 Å². The number of nitrogens with zero attached hydrogens (tertiary/aromatic N) is 1. The van der Waals surface area contributed by atoms with Crippen LogP contribution in [0.15, 0.2) is 0 Å². The average Bonchev–Trinajstić information content (AvgIpc) is 1.77. The molecule has 2 heteroatoms. The van der Waals surface area contributed by atoms with Crippen LogP contribution in [-0.4, -0.2) is 22.5 Å². The van der Waals surface area contributed by atoms with Crippen molar-refractivity contribution in [3.8, 4) is 0 Å². The van der Waals surface area contributed by atoms with E-state index in [1.807, 2.05) is 0 Å². The fraction of sp³-hybridized carbons (Fsp3) is 0.909. The normalized spacial score (nSPS) is 12.9. The molecule has 0 N–H and O–H groups in total. The Labute approximate surface area is 96.4 Å². The summed E-state index contributed by atoms with van der Waals surface area (Å²) in [6.07, 6.45) is 0.981. The number of hydrogen-bond donors (Lipinski definition) is 0. The standard InChI is InChI=1S/C11H24N.Li/c1-8-9-12(10(2,3)4)11(5,6)7;/h1,8-9H2,2-7H3;/q-1;+1. The fourth-order valence-corrected chi connectivity index (χ4v) is 1.84. The van der Waals surface area contributed by atoms with Crippen LogP contribution in [0.1, 0.15) is 48.0 Å². The molecule has 0 heterocycles. The van der Waals surface area contributed by atoms with Crippen LogP contribution in [0, 0.1) is 6.92 Å². The van der Waals surface area contributed by atoms with Crippen LogP contribution in [0.25, 0.3) is 0 Å². The molecule has 0 aromatic carbocycles. The van der Waals surface area contributed by atoms with E-state index < -0.39 is 0 Å². The molecule has 0 spiro atoms. The van der Waals surface area contributed by atoms with Gasteiger partial charge in [0.1, 0.15) is 0 Å². The van der Waals surface area contributed by atoms with Crippen molar-refractivity contribution in [1.82, 2.24) is 4.90 Å². The molecular formula is C11H24LiN. The molecule has 0 aliphatic heterocycles. The van der Waals surface area contributed by atoms with E-state index in [0.717, 1.165) is 13.0 Å². The van der Waals surface area contributed by atoms with Crippen LogP contribution in [0.5, 0.6) is 0 Å². The summed E-state index contributed by atoms with van der Waals surface area (Å²) < 4.78 is 0. The summed E-state index contributed by atoms with van der Waals surface area (Å²) in [4.78, 5) is 2.49. The van der Waals surface area contributed by atoms with E-state index in [2.05, 4.69) is 53.4 Å². The van der Waals surface area contributed by atoms with Crippen molar-refractivity contribution in [2.75, 3.05) is 6.54 Å². The first kappa shape index (κ1) is 16.0. The Kier molecular flexibility index (Phi) is 6.70. The Balaban J connectivity index is 0. The Morgan fingerprint density at radius 2 is 1.23 bits per heavy atom. The second kappa shape index (κ2) is 5.44. The van der Waals surface area contributed by atoms with Gasteiger partial charge >= 0.3 is 18.9 Å². The zero-order valence-corrected chi connectivity index (χ0v) is 10.6. The van der Waals surface area contributed by atoms with Crippen molar-refractivity contribution in [2.24, 2.45) is 0 Å². The summed E-state index contributed by atoms with van der Waals surface area (Å²) in [5.74, 6) is 0. The van der Waals surface area contributed by atoms with Gasteiger partial charge in [0.2, 0.25) is 0 Å². The van der Waals surface area contributed by atoms with Gasteiger partial charge in [0.05, 0.1) is 0 Å². The maximum atomic E-state index is 3.91. The molecule has 0 aromatic rings. The predicted octanol–water partition coefficient (Wildman–Crippen LogP) is 0.114. The number of rotatable bonds is 2. The summed E-state index contributed by atoms with van der Waals surface area (Å²) >= 11 is 0. The molecule has 0 unspecified atom stereocenters. The molecule has 0 aliphatic rings. The smallest absolute Gasteiger partial charge is 0.342 e. The van der Waals surface area contributed by atoms with Crippen molar-refractivity contribution < 1.29 is 18.9 Å². The Hall–Kier alpha value is 0.557. The minimum Gasteiger partial charge on any atom is -0.342 e. The summed E-state index contributed by atoms with van der Waals surface area (Å²) in [6.45, 7) is 18.5. The SMILES string of the molecule is [CH2-]CCN(C(C)(C)C)C(C)(C)C.[Li+]. The van der Waals surface area contributed by atoms with E-state index >= 15 is 0 Å². The second-order valence-electron chi connectivity index (χ2n) is 5.35. The molecular weight excluding hydrogens is 153 g/mol. The third-order valence-corrected chi connectivity index (χ3v) is 2.00. The molecule has 0 bridgehead atoms. The van der Waals surface area contributed by atoms with Crippen molar-refractivity contribution in [3.63, 3.8) is 0 Å². The van der Waals surface area contributed by atoms with Gasteiger partial charge in [-0.05, 0) is 48.1 Å². The maximum Gasteiger partial charge on any atom is 1.00 e. The Morgan fingerprint density at radius 1 is 0.923 bits per heavy atom. The first-order valence-electron chi connectivity index (χ1n) is 4.76. The van der Waals surface area contributed by atoms with Gasteiger partial charge in [-0.25, -0.2) is 0 Å². The van der Waals surface area contributed by atoms with Crippen molar-refractivity contribution in [3.05, 3.63) is 6.92 Å². The molecule has 0 radical (unpaired) electrons. The molecule has 0 rings (SSSR count). The van der Waals surface area contributed by atoms with E-state index in [1.165, 1.54) is 0 Å². The molecule has 0 saturated carbocycles. The van der Waals surface area contributed by atoms with Crippen molar-refractivity contribution in [2.45, 2.75) is 59.0 Å². The van der Waals surface area contributed by atoms with Gasteiger partial charge in [0, 0.05) is 11.1 Å². The van der Waals surface area contributed by atoms with Gasteiger partial charge in [-0.15, -0.1) is 0 Å². The molecule has 0 atom stereocenters. The van der Waals surface area contributed by atoms with Gasteiger partial charge in [-0.1, -0.05) is 0 Å². The molecule has 13 heavy (non-hydrogen) atoms. The summed E-state index contributed by atoms with van der Waals surface area (Å²) in [7, 11) is 0. The van der Waals surface area contributed by atoms with Gasteiger partial charge < -0.3 is 6.92 Å². The van der Waals surface area contributed by atoms with Crippen LogP contribution < -0.4 is 18.9 Å². The van der Waals surface area contributed by atoms with Crippen LogP contribution in [0.4, 0.5) is 0 Å². The monoisotopic (exact) mass is 177 g/mol. The third kappa shape index (κ3) is 5.78. The zero-order chi connectivity index (χ0) is 9.99. The third-order valence-electron chi connectivity index (χ3n) is 2.00. The molecule has 1 nitrogen and oxygen atoms in total. The maximum absolute atomic E-state index is 3.91. The molecule has 0 amide bonds. The van der Waals surface area contributed by atoms with Crippen molar-refractivity contribution in [1.29, 1.82) is 0 Å².